The molecule has 0 aliphatic heterocycles. The van der Waals surface area contributed by atoms with E-state index >= 15 is 0 Å². The predicted molar refractivity (Wildman–Crippen MR) is 73.7 cm³/mol. The van der Waals surface area contributed by atoms with Crippen molar-refractivity contribution in [1.29, 1.82) is 0 Å². The van der Waals surface area contributed by atoms with Gasteiger partial charge in [-0.3, -0.25) is 4.79 Å². The molecule has 110 valence electrons. The summed E-state index contributed by atoms with van der Waals surface area (Å²) in [6.45, 7) is 0.982. The van der Waals surface area contributed by atoms with E-state index in [1.807, 2.05) is 0 Å². The quantitative estimate of drug-likeness (QED) is 0.184. The van der Waals surface area contributed by atoms with Gasteiger partial charge in [0.15, 0.2) is 5.84 Å². The van der Waals surface area contributed by atoms with Crippen LogP contribution < -0.4 is 16.8 Å². The Labute approximate surface area is 116 Å². The molecule has 1 amide bonds. The number of primary amides is 1. The number of hydrogen-bond donors (Lipinski definition) is 4. The van der Waals surface area contributed by atoms with Gasteiger partial charge in [0.1, 0.15) is 5.82 Å². The fourth-order valence-electron chi connectivity index (χ4n) is 1.74. The van der Waals surface area contributed by atoms with Gasteiger partial charge in [-0.2, -0.15) is 0 Å². The molecular weight excluding hydrogens is 263 g/mol. The minimum atomic E-state index is -0.507. The highest BCUT2D eigenvalue weighted by molar-refractivity contribution is 5.97. The lowest BCUT2D eigenvalue weighted by Gasteiger charge is -2.08. The first-order chi connectivity index (χ1) is 9.56. The van der Waals surface area contributed by atoms with Gasteiger partial charge in [-0.05, 0) is 25.5 Å². The Bertz CT molecular complexity index is 491. The van der Waals surface area contributed by atoms with Crippen LogP contribution >= 0.6 is 0 Å². The number of nitrogens with one attached hydrogen (secondary N) is 1. The van der Waals surface area contributed by atoms with Gasteiger partial charge in [0.05, 0.1) is 5.56 Å². The monoisotopic (exact) mass is 282 g/mol. The second kappa shape index (κ2) is 8.11. The summed E-state index contributed by atoms with van der Waals surface area (Å²) in [6.07, 6.45) is 1.84. The lowest BCUT2D eigenvalue weighted by Crippen LogP contribution is -2.19. The second-order valence-electron chi connectivity index (χ2n) is 4.36. The Kier molecular flexibility index (Phi) is 6.45. The standard InChI is InChI=1S/C13H19FN4O2/c14-12-9(4-3-5-10(12)13(16)18-20)8-17-7-2-1-6-11(15)19/h3-5,17,20H,1-2,6-8H2,(H2,15,19)(H2,16,18). The largest absolute Gasteiger partial charge is 0.409 e. The van der Waals surface area contributed by atoms with E-state index in [2.05, 4.69) is 10.5 Å². The molecule has 0 aliphatic carbocycles. The molecule has 1 aromatic rings. The van der Waals surface area contributed by atoms with Gasteiger partial charge in [-0.25, -0.2) is 4.39 Å². The van der Waals surface area contributed by atoms with Crippen LogP contribution in [0.25, 0.3) is 0 Å². The Morgan fingerprint density at radius 2 is 2.10 bits per heavy atom. The van der Waals surface area contributed by atoms with Crippen molar-refractivity contribution in [2.45, 2.75) is 25.8 Å². The average Bonchev–Trinajstić information content (AvgIpc) is 2.43. The third-order valence-corrected chi connectivity index (χ3v) is 2.80. The first-order valence-electron chi connectivity index (χ1n) is 6.30. The van der Waals surface area contributed by atoms with Crippen LogP contribution in [0.5, 0.6) is 0 Å². The van der Waals surface area contributed by atoms with Gasteiger partial charge in [-0.15, -0.1) is 0 Å². The molecule has 0 fully saturated rings. The van der Waals surface area contributed by atoms with Gasteiger partial charge in [0.25, 0.3) is 0 Å². The van der Waals surface area contributed by atoms with Crippen LogP contribution in [0.3, 0.4) is 0 Å². The summed E-state index contributed by atoms with van der Waals surface area (Å²) < 4.78 is 14.0. The Hall–Kier alpha value is -2.15. The van der Waals surface area contributed by atoms with Gasteiger partial charge in [0.2, 0.25) is 5.91 Å². The Morgan fingerprint density at radius 3 is 2.75 bits per heavy atom. The van der Waals surface area contributed by atoms with Crippen LogP contribution in [0.4, 0.5) is 4.39 Å². The molecule has 0 atom stereocenters. The maximum atomic E-state index is 14.0. The molecule has 6 N–H and O–H groups in total. The van der Waals surface area contributed by atoms with Crippen molar-refractivity contribution in [2.75, 3.05) is 6.54 Å². The van der Waals surface area contributed by atoms with Crippen molar-refractivity contribution in [3.05, 3.63) is 35.1 Å². The number of carbonyl (C=O) groups excluding carboxylic acids is 1. The third kappa shape index (κ3) is 4.85. The Morgan fingerprint density at radius 1 is 1.35 bits per heavy atom. The molecule has 0 saturated carbocycles. The molecule has 1 rings (SSSR count). The van der Waals surface area contributed by atoms with E-state index in [1.165, 1.54) is 6.07 Å². The molecule has 0 aliphatic rings. The molecule has 1 aromatic carbocycles. The molecule has 0 unspecified atom stereocenters. The number of rotatable bonds is 8. The van der Waals surface area contributed by atoms with Gasteiger partial charge < -0.3 is 22.0 Å². The van der Waals surface area contributed by atoms with Crippen molar-refractivity contribution in [3.63, 3.8) is 0 Å². The number of amidine groups is 1. The summed E-state index contributed by atoms with van der Waals surface area (Å²) in [5, 5.41) is 14.4. The number of oxime groups is 1. The molecule has 20 heavy (non-hydrogen) atoms. The molecule has 0 radical (unpaired) electrons. The zero-order valence-electron chi connectivity index (χ0n) is 11.1. The van der Waals surface area contributed by atoms with Crippen molar-refractivity contribution in [3.8, 4) is 0 Å². The van der Waals surface area contributed by atoms with E-state index < -0.39 is 5.82 Å². The molecular formula is C13H19FN4O2. The number of benzene rings is 1. The van der Waals surface area contributed by atoms with Crippen LogP contribution in [0.15, 0.2) is 23.4 Å². The van der Waals surface area contributed by atoms with Crippen LogP contribution in [0.2, 0.25) is 0 Å². The minimum Gasteiger partial charge on any atom is -0.409 e. The molecule has 7 heteroatoms. The van der Waals surface area contributed by atoms with Crippen LogP contribution in [0, 0.1) is 5.82 Å². The molecule has 0 aromatic heterocycles. The van der Waals surface area contributed by atoms with Crippen molar-refractivity contribution >= 4 is 11.7 Å². The molecule has 6 nitrogen and oxygen atoms in total. The number of nitrogens with two attached hydrogens (primary N) is 2. The summed E-state index contributed by atoms with van der Waals surface area (Å²) in [4.78, 5) is 10.5. The van der Waals surface area contributed by atoms with E-state index in [4.69, 9.17) is 16.7 Å². The van der Waals surface area contributed by atoms with E-state index in [1.54, 1.807) is 12.1 Å². The zero-order chi connectivity index (χ0) is 15.0. The number of nitrogens with zero attached hydrogens (tertiary/aromatic N) is 1. The molecule has 0 heterocycles. The van der Waals surface area contributed by atoms with Gasteiger partial charge in [0, 0.05) is 18.5 Å². The lowest BCUT2D eigenvalue weighted by atomic mass is 10.1. The van der Waals surface area contributed by atoms with Crippen LogP contribution in [-0.4, -0.2) is 23.5 Å². The Balaban J connectivity index is 2.47. The highest BCUT2D eigenvalue weighted by atomic mass is 19.1. The lowest BCUT2D eigenvalue weighted by molar-refractivity contribution is -0.118. The third-order valence-electron chi connectivity index (χ3n) is 2.80. The van der Waals surface area contributed by atoms with E-state index in [0.717, 1.165) is 6.42 Å². The van der Waals surface area contributed by atoms with E-state index in [-0.39, 0.29) is 17.3 Å². The predicted octanol–water partition coefficient (Wildman–Crippen LogP) is 0.665. The number of unbranched alkanes of at least 4 members (excludes halogenated alkanes) is 1. The smallest absolute Gasteiger partial charge is 0.217 e. The fraction of sp³-hybridized carbons (Fsp3) is 0.385. The SMILES string of the molecule is NC(=O)CCCCNCc1cccc(/C(N)=N/O)c1F. The van der Waals surface area contributed by atoms with Crippen molar-refractivity contribution in [1.82, 2.24) is 5.32 Å². The van der Waals surface area contributed by atoms with Gasteiger partial charge in [-0.1, -0.05) is 17.3 Å². The highest BCUT2D eigenvalue weighted by Crippen LogP contribution is 2.12. The number of halogens is 1. The topological polar surface area (TPSA) is 114 Å². The second-order valence-corrected chi connectivity index (χ2v) is 4.36. The normalized spacial score (nSPS) is 11.6. The summed E-state index contributed by atoms with van der Waals surface area (Å²) in [7, 11) is 0. The van der Waals surface area contributed by atoms with E-state index in [0.29, 0.717) is 31.5 Å². The number of hydrogen-bond acceptors (Lipinski definition) is 4. The van der Waals surface area contributed by atoms with Crippen LogP contribution in [0.1, 0.15) is 30.4 Å². The highest BCUT2D eigenvalue weighted by Gasteiger charge is 2.10. The number of carbonyl (C=O) groups is 1. The number of amides is 1. The summed E-state index contributed by atoms with van der Waals surface area (Å²) in [5.74, 6) is -1.08. The van der Waals surface area contributed by atoms with Crippen molar-refractivity contribution < 1.29 is 14.4 Å². The maximum Gasteiger partial charge on any atom is 0.217 e. The zero-order valence-corrected chi connectivity index (χ0v) is 11.1. The molecule has 0 bridgehead atoms. The van der Waals surface area contributed by atoms with Gasteiger partial charge >= 0.3 is 0 Å². The average molecular weight is 282 g/mol. The first kappa shape index (κ1) is 15.9. The molecule has 0 spiro atoms. The van der Waals surface area contributed by atoms with Crippen LogP contribution in [-0.2, 0) is 11.3 Å². The first-order valence-corrected chi connectivity index (χ1v) is 6.30. The van der Waals surface area contributed by atoms with Crippen molar-refractivity contribution in [2.24, 2.45) is 16.6 Å². The summed E-state index contributed by atoms with van der Waals surface area (Å²) >= 11 is 0. The van der Waals surface area contributed by atoms with E-state index in [9.17, 15) is 9.18 Å². The summed E-state index contributed by atoms with van der Waals surface area (Å²) in [6, 6.07) is 4.71. The maximum absolute atomic E-state index is 14.0. The molecule has 0 saturated heterocycles. The minimum absolute atomic E-state index is 0.0699. The fourth-order valence-corrected chi connectivity index (χ4v) is 1.74. The summed E-state index contributed by atoms with van der Waals surface area (Å²) in [5.41, 5.74) is 10.9.